The van der Waals surface area contributed by atoms with Crippen LogP contribution in [0.5, 0.6) is 11.5 Å². The maximum absolute atomic E-state index is 12.5. The molecule has 122 valence electrons. The van der Waals surface area contributed by atoms with Gasteiger partial charge in [-0.3, -0.25) is 4.79 Å². The molecule has 0 atom stereocenters. The molecule has 0 fully saturated rings. The van der Waals surface area contributed by atoms with E-state index in [1.165, 1.54) is 20.5 Å². The van der Waals surface area contributed by atoms with Crippen LogP contribution in [0.15, 0.2) is 49.1 Å². The molecule has 0 aliphatic carbocycles. The average Bonchev–Trinajstić information content (AvgIpc) is 3.16. The zero-order chi connectivity index (χ0) is 16.9. The normalized spacial score (nSPS) is 10.2. The minimum atomic E-state index is -0.365. The van der Waals surface area contributed by atoms with Gasteiger partial charge in [-0.15, -0.1) is 0 Å². The second-order valence-corrected chi connectivity index (χ2v) is 4.73. The quantitative estimate of drug-likeness (QED) is 0.771. The van der Waals surface area contributed by atoms with Crippen LogP contribution in [0.1, 0.15) is 10.4 Å². The SMILES string of the molecule is COc1ccc(OC)c(C(=O)Nc2cc(-n3cccn3)ncn2)c1. The van der Waals surface area contributed by atoms with Crippen LogP contribution >= 0.6 is 0 Å². The summed E-state index contributed by atoms with van der Waals surface area (Å²) in [5.74, 6) is 1.53. The third kappa shape index (κ3) is 3.17. The van der Waals surface area contributed by atoms with Crippen LogP contribution in [0, 0.1) is 0 Å². The molecule has 2 aromatic heterocycles. The highest BCUT2D eigenvalue weighted by atomic mass is 16.5. The molecule has 0 unspecified atom stereocenters. The van der Waals surface area contributed by atoms with E-state index in [-0.39, 0.29) is 5.91 Å². The molecule has 0 radical (unpaired) electrons. The number of benzene rings is 1. The molecule has 0 saturated carbocycles. The number of carbonyl (C=O) groups is 1. The molecule has 1 aromatic carbocycles. The second-order valence-electron chi connectivity index (χ2n) is 4.73. The summed E-state index contributed by atoms with van der Waals surface area (Å²) in [6.07, 6.45) is 4.75. The predicted molar refractivity (Wildman–Crippen MR) is 86.7 cm³/mol. The lowest BCUT2D eigenvalue weighted by atomic mass is 10.1. The second kappa shape index (κ2) is 6.78. The van der Waals surface area contributed by atoms with Gasteiger partial charge in [-0.05, 0) is 24.3 Å². The lowest BCUT2D eigenvalue weighted by Gasteiger charge is -2.11. The van der Waals surface area contributed by atoms with E-state index in [4.69, 9.17) is 9.47 Å². The Morgan fingerprint density at radius 1 is 1.17 bits per heavy atom. The Morgan fingerprint density at radius 3 is 2.75 bits per heavy atom. The molecule has 24 heavy (non-hydrogen) atoms. The predicted octanol–water partition coefficient (Wildman–Crippen LogP) is 1.93. The Bertz CT molecular complexity index is 849. The van der Waals surface area contributed by atoms with Gasteiger partial charge in [-0.25, -0.2) is 14.6 Å². The Balaban J connectivity index is 1.86. The fourth-order valence-electron chi connectivity index (χ4n) is 2.12. The van der Waals surface area contributed by atoms with E-state index in [2.05, 4.69) is 20.4 Å². The van der Waals surface area contributed by atoms with Crippen molar-refractivity contribution in [3.05, 3.63) is 54.6 Å². The number of ether oxygens (including phenoxy) is 2. The van der Waals surface area contributed by atoms with Crippen molar-refractivity contribution >= 4 is 11.7 Å². The van der Waals surface area contributed by atoms with Crippen LogP contribution in [0.3, 0.4) is 0 Å². The van der Waals surface area contributed by atoms with Crippen LogP contribution in [0.25, 0.3) is 5.82 Å². The monoisotopic (exact) mass is 325 g/mol. The minimum Gasteiger partial charge on any atom is -0.497 e. The first-order valence-electron chi connectivity index (χ1n) is 7.06. The van der Waals surface area contributed by atoms with Gasteiger partial charge in [0.25, 0.3) is 5.91 Å². The Hall–Kier alpha value is -3.42. The lowest BCUT2D eigenvalue weighted by molar-refractivity contribution is 0.102. The summed E-state index contributed by atoms with van der Waals surface area (Å²) >= 11 is 0. The molecule has 0 saturated heterocycles. The molecular formula is C16H15N5O3. The molecule has 0 spiro atoms. The number of nitrogens with one attached hydrogen (secondary N) is 1. The van der Waals surface area contributed by atoms with Crippen LogP contribution in [-0.4, -0.2) is 39.9 Å². The summed E-state index contributed by atoms with van der Waals surface area (Å²) in [6, 6.07) is 8.39. The van der Waals surface area contributed by atoms with Crippen molar-refractivity contribution < 1.29 is 14.3 Å². The maximum Gasteiger partial charge on any atom is 0.260 e. The van der Waals surface area contributed by atoms with Crippen LogP contribution in [0.4, 0.5) is 5.82 Å². The van der Waals surface area contributed by atoms with E-state index in [0.29, 0.717) is 28.7 Å². The molecule has 3 aromatic rings. The highest BCUT2D eigenvalue weighted by molar-refractivity contribution is 6.06. The van der Waals surface area contributed by atoms with Crippen molar-refractivity contribution in [2.75, 3.05) is 19.5 Å². The van der Waals surface area contributed by atoms with Gasteiger partial charge in [0, 0.05) is 18.5 Å². The highest BCUT2D eigenvalue weighted by Crippen LogP contribution is 2.24. The van der Waals surface area contributed by atoms with E-state index in [1.807, 2.05) is 0 Å². The summed E-state index contributed by atoms with van der Waals surface area (Å²) in [5.41, 5.74) is 0.344. The van der Waals surface area contributed by atoms with Crippen molar-refractivity contribution in [3.8, 4) is 17.3 Å². The molecule has 0 bridgehead atoms. The fourth-order valence-corrected chi connectivity index (χ4v) is 2.12. The zero-order valence-electron chi connectivity index (χ0n) is 13.1. The number of methoxy groups -OCH3 is 2. The van der Waals surface area contributed by atoms with Crippen molar-refractivity contribution in [3.63, 3.8) is 0 Å². The van der Waals surface area contributed by atoms with Gasteiger partial charge in [0.15, 0.2) is 5.82 Å². The van der Waals surface area contributed by atoms with E-state index < -0.39 is 0 Å². The van der Waals surface area contributed by atoms with Crippen LogP contribution < -0.4 is 14.8 Å². The Kier molecular flexibility index (Phi) is 4.37. The molecular weight excluding hydrogens is 310 g/mol. The molecule has 1 N–H and O–H groups in total. The van der Waals surface area contributed by atoms with E-state index >= 15 is 0 Å². The first kappa shape index (κ1) is 15.5. The summed E-state index contributed by atoms with van der Waals surface area (Å²) in [6.45, 7) is 0. The molecule has 8 nitrogen and oxygen atoms in total. The Morgan fingerprint density at radius 2 is 2.04 bits per heavy atom. The third-order valence-electron chi connectivity index (χ3n) is 3.28. The third-order valence-corrected chi connectivity index (χ3v) is 3.28. The van der Waals surface area contributed by atoms with Gasteiger partial charge >= 0.3 is 0 Å². The van der Waals surface area contributed by atoms with E-state index in [9.17, 15) is 4.79 Å². The molecule has 3 rings (SSSR count). The molecule has 1 amide bonds. The number of anilines is 1. The number of hydrogen-bond acceptors (Lipinski definition) is 6. The minimum absolute atomic E-state index is 0.344. The van der Waals surface area contributed by atoms with Gasteiger partial charge in [0.2, 0.25) is 0 Å². The number of rotatable bonds is 5. The number of nitrogens with zero attached hydrogens (tertiary/aromatic N) is 4. The lowest BCUT2D eigenvalue weighted by Crippen LogP contribution is -2.15. The van der Waals surface area contributed by atoms with Gasteiger partial charge in [-0.2, -0.15) is 5.10 Å². The van der Waals surface area contributed by atoms with E-state index in [0.717, 1.165) is 0 Å². The topological polar surface area (TPSA) is 91.2 Å². The molecule has 2 heterocycles. The smallest absolute Gasteiger partial charge is 0.260 e. The molecule has 8 heteroatoms. The molecule has 0 aliphatic heterocycles. The van der Waals surface area contributed by atoms with Crippen molar-refractivity contribution in [1.29, 1.82) is 0 Å². The fraction of sp³-hybridized carbons (Fsp3) is 0.125. The standard InChI is InChI=1S/C16H15N5O3/c1-23-11-4-5-13(24-2)12(8-11)16(22)20-14-9-15(18-10-17-14)21-7-3-6-19-21/h3-10H,1-2H3,(H,17,18,20,22). The summed E-state index contributed by atoms with van der Waals surface area (Å²) in [4.78, 5) is 20.7. The van der Waals surface area contributed by atoms with Gasteiger partial charge in [0.1, 0.15) is 23.6 Å². The van der Waals surface area contributed by atoms with Crippen LogP contribution in [-0.2, 0) is 0 Å². The van der Waals surface area contributed by atoms with Crippen molar-refractivity contribution in [2.45, 2.75) is 0 Å². The maximum atomic E-state index is 12.5. The van der Waals surface area contributed by atoms with Crippen molar-refractivity contribution in [1.82, 2.24) is 19.7 Å². The largest absolute Gasteiger partial charge is 0.497 e. The highest BCUT2D eigenvalue weighted by Gasteiger charge is 2.15. The van der Waals surface area contributed by atoms with E-state index in [1.54, 1.807) is 47.4 Å². The molecule has 0 aliphatic rings. The number of aromatic nitrogens is 4. The average molecular weight is 325 g/mol. The summed E-state index contributed by atoms with van der Waals surface area (Å²) in [5, 5.41) is 6.81. The first-order valence-corrected chi connectivity index (χ1v) is 7.06. The van der Waals surface area contributed by atoms with Gasteiger partial charge in [0.05, 0.1) is 19.8 Å². The van der Waals surface area contributed by atoms with Gasteiger partial charge in [-0.1, -0.05) is 0 Å². The zero-order valence-corrected chi connectivity index (χ0v) is 13.1. The summed E-state index contributed by atoms with van der Waals surface area (Å²) < 4.78 is 11.9. The van der Waals surface area contributed by atoms with Crippen LogP contribution in [0.2, 0.25) is 0 Å². The van der Waals surface area contributed by atoms with Crippen molar-refractivity contribution in [2.24, 2.45) is 0 Å². The number of hydrogen-bond donors (Lipinski definition) is 1. The number of amides is 1. The van der Waals surface area contributed by atoms with Gasteiger partial charge < -0.3 is 14.8 Å². The Labute approximate surface area is 138 Å². The first-order chi connectivity index (χ1) is 11.7. The number of carbonyl (C=O) groups excluding carboxylic acids is 1. The summed E-state index contributed by atoms with van der Waals surface area (Å²) in [7, 11) is 3.03.